The van der Waals surface area contributed by atoms with Gasteiger partial charge in [-0.15, -0.1) is 0 Å². The van der Waals surface area contributed by atoms with E-state index in [9.17, 15) is 0 Å². The van der Waals surface area contributed by atoms with E-state index in [4.69, 9.17) is 4.74 Å². The van der Waals surface area contributed by atoms with Crippen molar-refractivity contribution in [3.63, 3.8) is 0 Å². The first-order valence-electron chi connectivity index (χ1n) is 9.30. The van der Waals surface area contributed by atoms with Crippen molar-refractivity contribution in [3.8, 4) is 17.6 Å². The summed E-state index contributed by atoms with van der Waals surface area (Å²) >= 11 is 0. The molecule has 2 aromatic rings. The molecule has 25 heavy (non-hydrogen) atoms. The van der Waals surface area contributed by atoms with Gasteiger partial charge in [0, 0.05) is 11.1 Å². The maximum Gasteiger partial charge on any atom is 0.119 e. The van der Waals surface area contributed by atoms with Crippen molar-refractivity contribution in [3.05, 3.63) is 77.4 Å². The van der Waals surface area contributed by atoms with Crippen LogP contribution in [0.5, 0.6) is 5.75 Å². The lowest BCUT2D eigenvalue weighted by molar-refractivity contribution is 0.309. The van der Waals surface area contributed by atoms with Crippen LogP contribution in [-0.2, 0) is 6.42 Å². The fourth-order valence-corrected chi connectivity index (χ4v) is 2.40. The van der Waals surface area contributed by atoms with Crippen LogP contribution in [0.15, 0.2) is 60.7 Å². The highest BCUT2D eigenvalue weighted by atomic mass is 16.5. The van der Waals surface area contributed by atoms with Crippen LogP contribution in [0, 0.1) is 11.8 Å². The molecule has 0 amide bonds. The zero-order valence-electron chi connectivity index (χ0n) is 15.4. The fraction of sp³-hybridized carbons (Fsp3) is 0.333. The Morgan fingerprint density at radius 1 is 0.840 bits per heavy atom. The molecule has 0 saturated carbocycles. The van der Waals surface area contributed by atoms with Gasteiger partial charge in [0.2, 0.25) is 0 Å². The van der Waals surface area contributed by atoms with Gasteiger partial charge < -0.3 is 4.74 Å². The van der Waals surface area contributed by atoms with Gasteiger partial charge in [0.05, 0.1) is 6.61 Å². The number of allylic oxidation sites excluding steroid dienone is 2. The molecule has 0 radical (unpaired) electrons. The Hall–Kier alpha value is -2.46. The topological polar surface area (TPSA) is 9.23 Å². The summed E-state index contributed by atoms with van der Waals surface area (Å²) in [5, 5.41) is 0. The summed E-state index contributed by atoms with van der Waals surface area (Å²) in [6.07, 6.45) is 10.0. The van der Waals surface area contributed by atoms with Crippen LogP contribution in [0.1, 0.15) is 56.2 Å². The van der Waals surface area contributed by atoms with Crippen molar-refractivity contribution in [2.45, 2.75) is 46.0 Å². The molecule has 0 heterocycles. The van der Waals surface area contributed by atoms with Gasteiger partial charge in [-0.05, 0) is 67.6 Å². The Bertz CT molecular complexity index is 697. The molecule has 1 nitrogen and oxygen atoms in total. The molecule has 0 saturated heterocycles. The number of hydrogen-bond donors (Lipinski definition) is 0. The van der Waals surface area contributed by atoms with E-state index in [0.717, 1.165) is 55.6 Å². The molecular weight excluding hydrogens is 304 g/mol. The minimum atomic E-state index is 0.780. The van der Waals surface area contributed by atoms with Crippen LogP contribution in [0.4, 0.5) is 0 Å². The molecule has 0 N–H and O–H groups in total. The predicted molar refractivity (Wildman–Crippen MR) is 107 cm³/mol. The number of benzene rings is 2. The molecule has 0 aromatic heterocycles. The highest BCUT2D eigenvalue weighted by molar-refractivity contribution is 5.44. The van der Waals surface area contributed by atoms with E-state index in [1.807, 2.05) is 24.3 Å². The molecule has 0 unspecified atom stereocenters. The lowest BCUT2D eigenvalue weighted by atomic mass is 10.1. The summed E-state index contributed by atoms with van der Waals surface area (Å²) in [6, 6.07) is 16.6. The fourth-order valence-electron chi connectivity index (χ4n) is 2.40. The van der Waals surface area contributed by atoms with Crippen LogP contribution in [-0.4, -0.2) is 6.61 Å². The Labute approximate surface area is 152 Å². The van der Waals surface area contributed by atoms with Gasteiger partial charge in [-0.3, -0.25) is 0 Å². The minimum Gasteiger partial charge on any atom is -0.494 e. The first-order chi connectivity index (χ1) is 12.3. The molecule has 0 bridgehead atoms. The molecule has 0 aliphatic heterocycles. The molecule has 1 heteroatoms. The van der Waals surface area contributed by atoms with Gasteiger partial charge in [0.25, 0.3) is 0 Å². The second-order valence-corrected chi connectivity index (χ2v) is 6.09. The number of hydrogen-bond acceptors (Lipinski definition) is 1. The van der Waals surface area contributed by atoms with Crippen LogP contribution in [0.3, 0.4) is 0 Å². The zero-order valence-corrected chi connectivity index (χ0v) is 15.4. The highest BCUT2D eigenvalue weighted by Crippen LogP contribution is 2.12. The SMILES string of the molecule is CCC=CCCc1ccc(C#Cc2ccc(OCCCC)cc2)cc1. The van der Waals surface area contributed by atoms with Crippen molar-refractivity contribution in [2.75, 3.05) is 6.61 Å². The number of aryl methyl sites for hydroxylation is 1. The molecule has 0 fully saturated rings. The van der Waals surface area contributed by atoms with Crippen molar-refractivity contribution >= 4 is 0 Å². The summed E-state index contributed by atoms with van der Waals surface area (Å²) in [4.78, 5) is 0. The van der Waals surface area contributed by atoms with E-state index in [1.165, 1.54) is 5.56 Å². The van der Waals surface area contributed by atoms with Crippen LogP contribution in [0.25, 0.3) is 0 Å². The van der Waals surface area contributed by atoms with E-state index < -0.39 is 0 Å². The molecule has 2 aromatic carbocycles. The molecule has 0 aliphatic rings. The van der Waals surface area contributed by atoms with Crippen molar-refractivity contribution in [1.29, 1.82) is 0 Å². The summed E-state index contributed by atoms with van der Waals surface area (Å²) in [7, 11) is 0. The quantitative estimate of drug-likeness (QED) is 0.319. The van der Waals surface area contributed by atoms with Crippen LogP contribution in [0.2, 0.25) is 0 Å². The monoisotopic (exact) mass is 332 g/mol. The van der Waals surface area contributed by atoms with Crippen molar-refractivity contribution in [2.24, 2.45) is 0 Å². The summed E-state index contributed by atoms with van der Waals surface area (Å²) in [5.74, 6) is 7.37. The Kier molecular flexibility index (Phi) is 8.42. The number of unbranched alkanes of at least 4 members (excludes halogenated alkanes) is 1. The van der Waals surface area contributed by atoms with Crippen molar-refractivity contribution in [1.82, 2.24) is 0 Å². The molecule has 130 valence electrons. The van der Waals surface area contributed by atoms with E-state index in [2.05, 4.69) is 62.1 Å². The third kappa shape index (κ3) is 7.31. The van der Waals surface area contributed by atoms with Crippen LogP contribution >= 0.6 is 0 Å². The first-order valence-corrected chi connectivity index (χ1v) is 9.30. The maximum atomic E-state index is 5.67. The number of ether oxygens (including phenoxy) is 1. The molecular formula is C24H28O. The van der Waals surface area contributed by atoms with Gasteiger partial charge in [-0.1, -0.05) is 56.4 Å². The Morgan fingerprint density at radius 3 is 2.08 bits per heavy atom. The number of rotatable bonds is 8. The summed E-state index contributed by atoms with van der Waals surface area (Å²) in [6.45, 7) is 5.11. The predicted octanol–water partition coefficient (Wildman–Crippen LogP) is 6.16. The summed E-state index contributed by atoms with van der Waals surface area (Å²) < 4.78 is 5.67. The Morgan fingerprint density at radius 2 is 1.48 bits per heavy atom. The average molecular weight is 332 g/mol. The standard InChI is InChI=1S/C24H28O/c1-3-5-7-8-9-21-10-12-22(13-11-21)14-15-23-16-18-24(19-17-23)25-20-6-4-2/h5,7,10-13,16-19H,3-4,6,8-9,20H2,1-2H3. The minimum absolute atomic E-state index is 0.780. The maximum absolute atomic E-state index is 5.67. The normalized spacial score (nSPS) is 10.5. The molecule has 2 rings (SSSR count). The van der Waals surface area contributed by atoms with Gasteiger partial charge in [-0.25, -0.2) is 0 Å². The third-order valence-corrected chi connectivity index (χ3v) is 3.93. The van der Waals surface area contributed by atoms with Gasteiger partial charge in [0.1, 0.15) is 5.75 Å². The largest absolute Gasteiger partial charge is 0.494 e. The van der Waals surface area contributed by atoms with Gasteiger partial charge >= 0.3 is 0 Å². The molecule has 0 spiro atoms. The Balaban J connectivity index is 1.88. The second kappa shape index (κ2) is 11.2. The van der Waals surface area contributed by atoms with E-state index in [1.54, 1.807) is 0 Å². The highest BCUT2D eigenvalue weighted by Gasteiger charge is 1.94. The van der Waals surface area contributed by atoms with Gasteiger partial charge in [0.15, 0.2) is 0 Å². The molecule has 0 atom stereocenters. The van der Waals surface area contributed by atoms with E-state index >= 15 is 0 Å². The third-order valence-electron chi connectivity index (χ3n) is 3.93. The van der Waals surface area contributed by atoms with Gasteiger partial charge in [-0.2, -0.15) is 0 Å². The van der Waals surface area contributed by atoms with Crippen molar-refractivity contribution < 1.29 is 4.74 Å². The molecule has 0 aliphatic carbocycles. The lowest BCUT2D eigenvalue weighted by Crippen LogP contribution is -1.95. The zero-order chi connectivity index (χ0) is 17.7. The lowest BCUT2D eigenvalue weighted by Gasteiger charge is -2.04. The first kappa shape index (κ1) is 18.9. The van der Waals surface area contributed by atoms with Crippen LogP contribution < -0.4 is 4.74 Å². The van der Waals surface area contributed by atoms with E-state index in [0.29, 0.717) is 0 Å². The van der Waals surface area contributed by atoms with E-state index in [-0.39, 0.29) is 0 Å². The summed E-state index contributed by atoms with van der Waals surface area (Å²) in [5.41, 5.74) is 3.42. The second-order valence-electron chi connectivity index (χ2n) is 6.09. The average Bonchev–Trinajstić information content (AvgIpc) is 2.66. The smallest absolute Gasteiger partial charge is 0.119 e.